The number of piperazine rings is 1. The molecule has 0 aromatic rings. The first kappa shape index (κ1) is 12.8. The number of amides is 4. The molecule has 2 atom stereocenters. The van der Waals surface area contributed by atoms with Gasteiger partial charge in [-0.1, -0.05) is 0 Å². The van der Waals surface area contributed by atoms with E-state index in [2.05, 4.69) is 10.6 Å². The number of imide groups is 1. The highest BCUT2D eigenvalue weighted by Crippen LogP contribution is 2.07. The van der Waals surface area contributed by atoms with Gasteiger partial charge in [0, 0.05) is 25.2 Å². The third-order valence-corrected chi connectivity index (χ3v) is 3.14. The van der Waals surface area contributed by atoms with Crippen LogP contribution in [-0.2, 0) is 9.59 Å². The van der Waals surface area contributed by atoms with Gasteiger partial charge in [0.05, 0.1) is 6.54 Å². The Bertz CT molecular complexity index is 358. The first-order valence-electron chi connectivity index (χ1n) is 6.09. The van der Waals surface area contributed by atoms with Gasteiger partial charge in [0.25, 0.3) is 5.91 Å². The molecule has 2 N–H and O–H groups in total. The maximum atomic E-state index is 12.1. The first-order chi connectivity index (χ1) is 8.47. The second kappa shape index (κ2) is 4.93. The van der Waals surface area contributed by atoms with Gasteiger partial charge in [-0.05, 0) is 13.8 Å². The molecule has 0 aliphatic carbocycles. The van der Waals surface area contributed by atoms with E-state index in [1.54, 1.807) is 4.90 Å². The predicted octanol–water partition coefficient (Wildman–Crippen LogP) is -1.25. The molecule has 2 aliphatic heterocycles. The second-order valence-electron chi connectivity index (χ2n) is 4.91. The Balaban J connectivity index is 1.95. The molecule has 0 aromatic carbocycles. The fourth-order valence-corrected chi connectivity index (χ4v) is 2.38. The molecular formula is C11H18N4O3. The largest absolute Gasteiger partial charge is 0.338 e. The molecule has 2 fully saturated rings. The van der Waals surface area contributed by atoms with E-state index in [1.165, 1.54) is 0 Å². The molecule has 7 heteroatoms. The van der Waals surface area contributed by atoms with E-state index in [0.717, 1.165) is 4.90 Å². The maximum Gasteiger partial charge on any atom is 0.325 e. The molecule has 2 aliphatic rings. The zero-order chi connectivity index (χ0) is 13.3. The molecule has 4 amide bonds. The Hall–Kier alpha value is -1.63. The van der Waals surface area contributed by atoms with Crippen molar-refractivity contribution in [2.75, 3.05) is 26.2 Å². The summed E-state index contributed by atoms with van der Waals surface area (Å²) in [5, 5.41) is 5.72. The van der Waals surface area contributed by atoms with E-state index in [9.17, 15) is 14.4 Å². The number of nitrogens with zero attached hydrogens (tertiary/aromatic N) is 2. The van der Waals surface area contributed by atoms with Crippen LogP contribution in [0.4, 0.5) is 4.79 Å². The quantitative estimate of drug-likeness (QED) is 0.603. The highest BCUT2D eigenvalue weighted by atomic mass is 16.2. The van der Waals surface area contributed by atoms with Gasteiger partial charge in [-0.15, -0.1) is 0 Å². The van der Waals surface area contributed by atoms with Crippen LogP contribution in [0.2, 0.25) is 0 Å². The molecule has 18 heavy (non-hydrogen) atoms. The summed E-state index contributed by atoms with van der Waals surface area (Å²) in [6.07, 6.45) is 0. The Kier molecular flexibility index (Phi) is 3.51. The van der Waals surface area contributed by atoms with Gasteiger partial charge in [-0.2, -0.15) is 0 Å². The van der Waals surface area contributed by atoms with Gasteiger partial charge in [-0.25, -0.2) is 4.79 Å². The van der Waals surface area contributed by atoms with E-state index >= 15 is 0 Å². The highest BCUT2D eigenvalue weighted by Gasteiger charge is 2.33. The average Bonchev–Trinajstić information content (AvgIpc) is 2.59. The number of nitrogens with one attached hydrogen (secondary N) is 2. The molecular weight excluding hydrogens is 236 g/mol. The van der Waals surface area contributed by atoms with E-state index in [1.807, 2.05) is 13.8 Å². The van der Waals surface area contributed by atoms with Crippen LogP contribution in [0.1, 0.15) is 13.8 Å². The topological polar surface area (TPSA) is 81.8 Å². The van der Waals surface area contributed by atoms with Crippen LogP contribution in [0.3, 0.4) is 0 Å². The van der Waals surface area contributed by atoms with Crippen molar-refractivity contribution in [3.63, 3.8) is 0 Å². The molecule has 2 rings (SSSR count). The molecule has 0 saturated carbocycles. The summed E-state index contributed by atoms with van der Waals surface area (Å²) >= 11 is 0. The van der Waals surface area contributed by atoms with Crippen LogP contribution >= 0.6 is 0 Å². The van der Waals surface area contributed by atoms with Gasteiger partial charge in [0.2, 0.25) is 5.91 Å². The molecule has 100 valence electrons. The van der Waals surface area contributed by atoms with Crippen molar-refractivity contribution < 1.29 is 14.4 Å². The summed E-state index contributed by atoms with van der Waals surface area (Å²) in [4.78, 5) is 37.5. The third kappa shape index (κ3) is 2.61. The lowest BCUT2D eigenvalue weighted by Crippen LogP contribution is -2.57. The van der Waals surface area contributed by atoms with Crippen molar-refractivity contribution in [2.24, 2.45) is 0 Å². The van der Waals surface area contributed by atoms with Gasteiger partial charge in [-0.3, -0.25) is 14.5 Å². The van der Waals surface area contributed by atoms with Crippen molar-refractivity contribution in [1.82, 2.24) is 20.4 Å². The predicted molar refractivity (Wildman–Crippen MR) is 63.8 cm³/mol. The Morgan fingerprint density at radius 3 is 2.39 bits per heavy atom. The Morgan fingerprint density at radius 1 is 1.28 bits per heavy atom. The summed E-state index contributed by atoms with van der Waals surface area (Å²) in [6, 6.07) is -0.0359. The summed E-state index contributed by atoms with van der Waals surface area (Å²) in [6.45, 7) is 5.04. The average molecular weight is 254 g/mol. The van der Waals surface area contributed by atoms with Crippen LogP contribution in [-0.4, -0.2) is 65.9 Å². The second-order valence-corrected chi connectivity index (χ2v) is 4.91. The van der Waals surface area contributed by atoms with E-state index < -0.39 is 6.03 Å². The maximum absolute atomic E-state index is 12.1. The number of urea groups is 1. The lowest BCUT2D eigenvalue weighted by molar-refractivity contribution is -0.137. The lowest BCUT2D eigenvalue weighted by atomic mass is 10.1. The third-order valence-electron chi connectivity index (χ3n) is 3.14. The normalized spacial score (nSPS) is 28.6. The van der Waals surface area contributed by atoms with Crippen LogP contribution in [0, 0.1) is 0 Å². The molecule has 0 spiro atoms. The van der Waals surface area contributed by atoms with Gasteiger partial charge >= 0.3 is 6.03 Å². The monoisotopic (exact) mass is 254 g/mol. The fourth-order valence-electron chi connectivity index (χ4n) is 2.38. The van der Waals surface area contributed by atoms with Crippen LogP contribution < -0.4 is 10.6 Å². The van der Waals surface area contributed by atoms with Crippen LogP contribution in [0.5, 0.6) is 0 Å². The summed E-state index contributed by atoms with van der Waals surface area (Å²) in [5.74, 6) is -0.523. The fraction of sp³-hybridized carbons (Fsp3) is 0.727. The minimum Gasteiger partial charge on any atom is -0.338 e. The number of hydrogen-bond acceptors (Lipinski definition) is 4. The molecule has 2 saturated heterocycles. The van der Waals surface area contributed by atoms with Crippen LogP contribution in [0.15, 0.2) is 0 Å². The van der Waals surface area contributed by atoms with Crippen molar-refractivity contribution in [2.45, 2.75) is 25.9 Å². The number of carbonyl (C=O) groups excluding carboxylic acids is 3. The number of rotatable bonds is 2. The summed E-state index contributed by atoms with van der Waals surface area (Å²) in [7, 11) is 0. The van der Waals surface area contributed by atoms with Gasteiger partial charge in [0.1, 0.15) is 6.54 Å². The smallest absolute Gasteiger partial charge is 0.325 e. The molecule has 0 aromatic heterocycles. The molecule has 0 bridgehead atoms. The molecule has 2 heterocycles. The molecule has 0 unspecified atom stereocenters. The van der Waals surface area contributed by atoms with E-state index in [4.69, 9.17) is 0 Å². The van der Waals surface area contributed by atoms with E-state index in [0.29, 0.717) is 13.1 Å². The first-order valence-corrected chi connectivity index (χ1v) is 6.09. The SMILES string of the molecule is C[C@@H]1CN(C(=O)CN2C(=O)CNC2=O)C[C@H](C)N1. The van der Waals surface area contributed by atoms with Crippen LogP contribution in [0.25, 0.3) is 0 Å². The molecule has 7 nitrogen and oxygen atoms in total. The van der Waals surface area contributed by atoms with Crippen molar-refractivity contribution in [3.05, 3.63) is 0 Å². The zero-order valence-corrected chi connectivity index (χ0v) is 10.6. The van der Waals surface area contributed by atoms with Gasteiger partial charge in [0.15, 0.2) is 0 Å². The summed E-state index contributed by atoms with van der Waals surface area (Å²) < 4.78 is 0. The minimum absolute atomic E-state index is 0.0134. The number of hydrogen-bond donors (Lipinski definition) is 2. The number of carbonyl (C=O) groups is 3. The van der Waals surface area contributed by atoms with E-state index in [-0.39, 0.29) is 37.0 Å². The van der Waals surface area contributed by atoms with Crippen molar-refractivity contribution in [3.8, 4) is 0 Å². The zero-order valence-electron chi connectivity index (χ0n) is 10.6. The van der Waals surface area contributed by atoms with Gasteiger partial charge < -0.3 is 15.5 Å². The van der Waals surface area contributed by atoms with Crippen molar-refractivity contribution in [1.29, 1.82) is 0 Å². The lowest BCUT2D eigenvalue weighted by Gasteiger charge is -2.36. The Morgan fingerprint density at radius 2 is 1.89 bits per heavy atom. The summed E-state index contributed by atoms with van der Waals surface area (Å²) in [5.41, 5.74) is 0. The minimum atomic E-state index is -0.482. The van der Waals surface area contributed by atoms with Crippen molar-refractivity contribution >= 4 is 17.8 Å². The highest BCUT2D eigenvalue weighted by molar-refractivity contribution is 6.04. The molecule has 0 radical (unpaired) electrons. The Labute approximate surface area is 105 Å². The standard InChI is InChI=1S/C11H18N4O3/c1-7-4-14(5-8(2)13-7)10(17)6-15-9(16)3-12-11(15)18/h7-8,13H,3-6H2,1-2H3,(H,12,18)/t7-,8+.